The largest absolute Gasteiger partial charge is 0.449 e. The average Bonchev–Trinajstić information content (AvgIpc) is 2.26. The molecule has 0 bridgehead atoms. The van der Waals surface area contributed by atoms with Crippen molar-refractivity contribution in [3.05, 3.63) is 34.6 Å². The van der Waals surface area contributed by atoms with Crippen molar-refractivity contribution in [1.29, 1.82) is 0 Å². The first-order valence-electron chi connectivity index (χ1n) is 5.28. The third-order valence-electron chi connectivity index (χ3n) is 2.89. The number of carbonyl (C=O) groups is 1. The van der Waals surface area contributed by atoms with E-state index in [2.05, 4.69) is 5.32 Å². The van der Waals surface area contributed by atoms with E-state index >= 15 is 0 Å². The zero-order valence-corrected chi connectivity index (χ0v) is 10.3. The van der Waals surface area contributed by atoms with Crippen molar-refractivity contribution in [1.82, 2.24) is 5.32 Å². The molecule has 92 valence electrons. The maximum atomic E-state index is 13.8. The van der Waals surface area contributed by atoms with Gasteiger partial charge in [-0.3, -0.25) is 0 Å². The van der Waals surface area contributed by atoms with E-state index in [0.29, 0.717) is 10.6 Å². The number of hydrogen-bond donors (Lipinski definition) is 1. The lowest BCUT2D eigenvalue weighted by molar-refractivity contribution is 0.0378. The Hall–Kier alpha value is -1.29. The van der Waals surface area contributed by atoms with Crippen LogP contribution in [0.4, 0.5) is 9.18 Å². The van der Waals surface area contributed by atoms with Crippen molar-refractivity contribution >= 4 is 17.7 Å². The highest BCUT2D eigenvalue weighted by molar-refractivity contribution is 6.30. The first kappa shape index (κ1) is 12.2. The van der Waals surface area contributed by atoms with E-state index in [-0.39, 0.29) is 17.8 Å². The van der Waals surface area contributed by atoms with Gasteiger partial charge >= 0.3 is 6.09 Å². The summed E-state index contributed by atoms with van der Waals surface area (Å²) in [6.07, 6.45) is -0.534. The van der Waals surface area contributed by atoms with Gasteiger partial charge in [0.1, 0.15) is 12.4 Å². The van der Waals surface area contributed by atoms with Crippen LogP contribution in [-0.2, 0) is 4.74 Å². The summed E-state index contributed by atoms with van der Waals surface area (Å²) in [6, 6.07) is 3.88. The summed E-state index contributed by atoms with van der Waals surface area (Å²) in [6.45, 7) is 4.05. The molecule has 0 spiro atoms. The summed E-state index contributed by atoms with van der Waals surface area (Å²) in [5.41, 5.74) is -0.00135. The van der Waals surface area contributed by atoms with Crippen molar-refractivity contribution in [2.75, 3.05) is 6.61 Å². The molecule has 0 unspecified atom stereocenters. The Labute approximate surface area is 104 Å². The molecule has 1 atom stereocenters. The van der Waals surface area contributed by atoms with Gasteiger partial charge in [-0.2, -0.15) is 0 Å². The molecule has 1 aromatic carbocycles. The van der Waals surface area contributed by atoms with Gasteiger partial charge in [0.15, 0.2) is 0 Å². The monoisotopic (exact) mass is 257 g/mol. The number of amides is 1. The Morgan fingerprint density at radius 2 is 2.24 bits per heavy atom. The van der Waals surface area contributed by atoms with Crippen LogP contribution in [-0.4, -0.2) is 12.7 Å². The van der Waals surface area contributed by atoms with Crippen LogP contribution in [0.25, 0.3) is 0 Å². The molecule has 0 aliphatic carbocycles. The second kappa shape index (κ2) is 4.18. The maximum absolute atomic E-state index is 13.8. The molecule has 17 heavy (non-hydrogen) atoms. The molecule has 1 fully saturated rings. The molecule has 1 amide bonds. The number of halogens is 2. The fourth-order valence-corrected chi connectivity index (χ4v) is 2.10. The van der Waals surface area contributed by atoms with E-state index in [1.807, 2.05) is 13.8 Å². The van der Waals surface area contributed by atoms with Gasteiger partial charge in [-0.05, 0) is 18.2 Å². The summed E-state index contributed by atoms with van der Waals surface area (Å²) >= 11 is 5.85. The second-order valence-corrected chi connectivity index (χ2v) is 5.24. The molecule has 3 nitrogen and oxygen atoms in total. The molecule has 0 radical (unpaired) electrons. The van der Waals surface area contributed by atoms with Crippen LogP contribution in [0.5, 0.6) is 0 Å². The summed E-state index contributed by atoms with van der Waals surface area (Å²) in [5, 5.41) is 3.07. The van der Waals surface area contributed by atoms with Crippen LogP contribution in [0, 0.1) is 11.2 Å². The van der Waals surface area contributed by atoms with Gasteiger partial charge in [0, 0.05) is 16.0 Å². The first-order valence-corrected chi connectivity index (χ1v) is 5.66. The molecule has 1 aromatic rings. The van der Waals surface area contributed by atoms with E-state index in [0.717, 1.165) is 0 Å². The minimum atomic E-state index is -0.534. The summed E-state index contributed by atoms with van der Waals surface area (Å²) < 4.78 is 18.7. The van der Waals surface area contributed by atoms with Gasteiger partial charge in [-0.25, -0.2) is 9.18 Å². The first-order chi connectivity index (χ1) is 7.90. The second-order valence-electron chi connectivity index (χ2n) is 4.81. The van der Waals surface area contributed by atoms with Crippen LogP contribution < -0.4 is 5.32 Å². The molecule has 2 rings (SSSR count). The number of ether oxygens (including phenoxy) is 1. The Balaban J connectivity index is 2.42. The Bertz CT molecular complexity index is 462. The highest BCUT2D eigenvalue weighted by Gasteiger charge is 2.39. The van der Waals surface area contributed by atoms with Crippen LogP contribution in [0.15, 0.2) is 18.2 Å². The van der Waals surface area contributed by atoms with Crippen molar-refractivity contribution in [2.45, 2.75) is 19.9 Å². The third kappa shape index (κ3) is 2.36. The number of hydrogen-bond acceptors (Lipinski definition) is 2. The lowest BCUT2D eigenvalue weighted by Gasteiger charge is -2.38. The Morgan fingerprint density at radius 1 is 1.53 bits per heavy atom. The number of carbonyl (C=O) groups excluding carboxylic acids is 1. The lowest BCUT2D eigenvalue weighted by Crippen LogP contribution is -2.47. The molecule has 5 heteroatoms. The highest BCUT2D eigenvalue weighted by atomic mass is 35.5. The van der Waals surface area contributed by atoms with Gasteiger partial charge in [0.25, 0.3) is 0 Å². The van der Waals surface area contributed by atoms with E-state index in [1.165, 1.54) is 18.2 Å². The normalized spacial score (nSPS) is 22.8. The number of benzene rings is 1. The predicted molar refractivity (Wildman–Crippen MR) is 62.4 cm³/mol. The molecule has 1 heterocycles. The minimum Gasteiger partial charge on any atom is -0.449 e. The molecule has 1 aliphatic heterocycles. The third-order valence-corrected chi connectivity index (χ3v) is 3.12. The topological polar surface area (TPSA) is 38.3 Å². The Kier molecular flexibility index (Phi) is 3.00. The smallest absolute Gasteiger partial charge is 0.407 e. The predicted octanol–water partition coefficient (Wildman–Crippen LogP) is 3.29. The zero-order chi connectivity index (χ0) is 12.6. The van der Waals surface area contributed by atoms with Crippen LogP contribution in [0.3, 0.4) is 0 Å². The van der Waals surface area contributed by atoms with Gasteiger partial charge in [-0.15, -0.1) is 0 Å². The van der Waals surface area contributed by atoms with E-state index in [4.69, 9.17) is 16.3 Å². The van der Waals surface area contributed by atoms with Gasteiger partial charge < -0.3 is 10.1 Å². The van der Waals surface area contributed by atoms with Crippen LogP contribution in [0.1, 0.15) is 25.5 Å². The number of cyclic esters (lactones) is 1. The summed E-state index contributed by atoms with van der Waals surface area (Å²) in [4.78, 5) is 11.2. The van der Waals surface area contributed by atoms with Crippen molar-refractivity contribution in [3.63, 3.8) is 0 Å². The van der Waals surface area contributed by atoms with Gasteiger partial charge in [0.05, 0.1) is 6.04 Å². The van der Waals surface area contributed by atoms with Gasteiger partial charge in [-0.1, -0.05) is 25.4 Å². The lowest BCUT2D eigenvalue weighted by atomic mass is 9.80. The summed E-state index contributed by atoms with van der Waals surface area (Å²) in [7, 11) is 0. The molecule has 1 saturated heterocycles. The quantitative estimate of drug-likeness (QED) is 0.838. The number of nitrogens with one attached hydrogen (secondary N) is 1. The molecule has 0 aromatic heterocycles. The molecular formula is C12H13ClFNO2. The number of rotatable bonds is 1. The van der Waals surface area contributed by atoms with E-state index < -0.39 is 12.1 Å². The Morgan fingerprint density at radius 3 is 2.94 bits per heavy atom. The number of alkyl carbamates (subject to hydrolysis) is 1. The fraction of sp³-hybridized carbons (Fsp3) is 0.417. The van der Waals surface area contributed by atoms with Crippen LogP contribution in [0.2, 0.25) is 5.02 Å². The molecule has 0 saturated carbocycles. The van der Waals surface area contributed by atoms with Gasteiger partial charge in [0.2, 0.25) is 0 Å². The molecular weight excluding hydrogens is 245 g/mol. The standard InChI is InChI=1S/C12H13ClFNO2/c1-12(2)6-17-11(16)15-10(12)8-5-7(13)3-4-9(8)14/h3-5,10H,6H2,1-2H3,(H,15,16)/t10-/m0/s1. The molecule has 1 aliphatic rings. The molecule has 1 N–H and O–H groups in total. The average molecular weight is 258 g/mol. The SMILES string of the molecule is CC1(C)COC(=O)N[C@H]1c1cc(Cl)ccc1F. The minimum absolute atomic E-state index is 0.245. The van der Waals surface area contributed by atoms with Crippen molar-refractivity contribution in [3.8, 4) is 0 Å². The van der Waals surface area contributed by atoms with Crippen LogP contribution >= 0.6 is 11.6 Å². The fourth-order valence-electron chi connectivity index (χ4n) is 1.92. The maximum Gasteiger partial charge on any atom is 0.407 e. The summed E-state index contributed by atoms with van der Waals surface area (Å²) in [5.74, 6) is -0.380. The highest BCUT2D eigenvalue weighted by Crippen LogP contribution is 2.38. The van der Waals surface area contributed by atoms with Crippen molar-refractivity contribution < 1.29 is 13.9 Å². The zero-order valence-electron chi connectivity index (χ0n) is 9.59. The van der Waals surface area contributed by atoms with Crippen molar-refractivity contribution in [2.24, 2.45) is 5.41 Å². The van der Waals surface area contributed by atoms with E-state index in [9.17, 15) is 9.18 Å². The van der Waals surface area contributed by atoms with E-state index in [1.54, 1.807) is 0 Å².